The van der Waals surface area contributed by atoms with Crippen LogP contribution in [0.4, 0.5) is 15.8 Å². The fourth-order valence-electron chi connectivity index (χ4n) is 2.11. The number of benzene rings is 1. The largest absolute Gasteiger partial charge is 0.394 e. The molecule has 0 aromatic heterocycles. The van der Waals surface area contributed by atoms with E-state index in [1.54, 1.807) is 4.90 Å². The second-order valence-corrected chi connectivity index (χ2v) is 4.28. The van der Waals surface area contributed by atoms with Gasteiger partial charge in [-0.05, 0) is 6.07 Å². The van der Waals surface area contributed by atoms with Crippen molar-refractivity contribution in [1.29, 1.82) is 5.26 Å². The number of nitrogens with zero attached hydrogens (tertiary/aromatic N) is 3. The number of rotatable bonds is 3. The first kappa shape index (κ1) is 14.2. The van der Waals surface area contributed by atoms with Crippen molar-refractivity contribution in [3.8, 4) is 6.07 Å². The molecule has 20 heavy (non-hydrogen) atoms. The normalized spacial score (nSPS) is 18.6. The number of anilines is 1. The number of nitro benzene ring substituents is 1. The molecule has 0 saturated carbocycles. The van der Waals surface area contributed by atoms with Gasteiger partial charge in [-0.3, -0.25) is 10.1 Å². The van der Waals surface area contributed by atoms with Crippen molar-refractivity contribution in [3.05, 3.63) is 33.6 Å². The lowest BCUT2D eigenvalue weighted by Gasteiger charge is -2.33. The molecule has 1 aromatic rings. The van der Waals surface area contributed by atoms with Gasteiger partial charge < -0.3 is 14.7 Å². The molecular formula is C12H12FN3O4. The first-order valence-electron chi connectivity index (χ1n) is 5.93. The van der Waals surface area contributed by atoms with Gasteiger partial charge >= 0.3 is 0 Å². The summed E-state index contributed by atoms with van der Waals surface area (Å²) in [5, 5.41) is 28.7. The average Bonchev–Trinajstić information content (AvgIpc) is 2.46. The summed E-state index contributed by atoms with van der Waals surface area (Å²) < 4.78 is 19.5. The molecule has 0 radical (unpaired) electrons. The Balaban J connectivity index is 2.38. The zero-order chi connectivity index (χ0) is 14.7. The quantitative estimate of drug-likeness (QED) is 0.650. The summed E-state index contributed by atoms with van der Waals surface area (Å²) in [6.45, 7) is 0.756. The number of nitriles is 1. The van der Waals surface area contributed by atoms with Crippen LogP contribution in [0.2, 0.25) is 0 Å². The third-order valence-electron chi connectivity index (χ3n) is 3.09. The molecule has 0 spiro atoms. The van der Waals surface area contributed by atoms with Crippen LogP contribution in [0.15, 0.2) is 12.1 Å². The highest BCUT2D eigenvalue weighted by molar-refractivity contribution is 5.61. The third-order valence-corrected chi connectivity index (χ3v) is 3.09. The number of aliphatic hydroxyl groups is 1. The molecule has 0 aliphatic carbocycles. The van der Waals surface area contributed by atoms with Gasteiger partial charge in [0.05, 0.1) is 29.9 Å². The Hall–Kier alpha value is -2.24. The first-order chi connectivity index (χ1) is 9.58. The predicted molar refractivity (Wildman–Crippen MR) is 66.8 cm³/mol. The minimum Gasteiger partial charge on any atom is -0.394 e. The molecule has 1 saturated heterocycles. The van der Waals surface area contributed by atoms with Crippen LogP contribution in [0.1, 0.15) is 5.56 Å². The fraction of sp³-hybridized carbons (Fsp3) is 0.417. The van der Waals surface area contributed by atoms with Crippen molar-refractivity contribution in [1.82, 2.24) is 0 Å². The van der Waals surface area contributed by atoms with Gasteiger partial charge in [-0.2, -0.15) is 5.26 Å². The lowest BCUT2D eigenvalue weighted by molar-refractivity contribution is -0.385. The maximum atomic E-state index is 14.2. The minimum atomic E-state index is -0.916. The molecule has 7 nitrogen and oxygen atoms in total. The molecule has 106 valence electrons. The standard InChI is InChI=1S/C12H12FN3O4/c13-12-9(5-14)10(16(18)19)1-2-11(12)15-3-4-20-8(6-15)7-17/h1-2,8,17H,3-4,6-7H2/t8-/m0/s1. The van der Waals surface area contributed by atoms with Crippen molar-refractivity contribution in [2.75, 3.05) is 31.2 Å². The molecule has 1 aromatic carbocycles. The van der Waals surface area contributed by atoms with Crippen LogP contribution in [0.3, 0.4) is 0 Å². The summed E-state index contributed by atoms with van der Waals surface area (Å²) in [5.41, 5.74) is -1.03. The fourth-order valence-corrected chi connectivity index (χ4v) is 2.11. The number of morpholine rings is 1. The number of ether oxygens (including phenoxy) is 1. The summed E-state index contributed by atoms with van der Waals surface area (Å²) >= 11 is 0. The molecule has 0 unspecified atom stereocenters. The van der Waals surface area contributed by atoms with E-state index in [0.29, 0.717) is 13.2 Å². The van der Waals surface area contributed by atoms with Crippen LogP contribution in [0, 0.1) is 27.3 Å². The summed E-state index contributed by atoms with van der Waals surface area (Å²) in [4.78, 5) is 11.6. The lowest BCUT2D eigenvalue weighted by Crippen LogP contribution is -2.44. The van der Waals surface area contributed by atoms with E-state index in [1.165, 1.54) is 12.1 Å². The van der Waals surface area contributed by atoms with Crippen LogP contribution >= 0.6 is 0 Å². The Labute approximate surface area is 113 Å². The highest BCUT2D eigenvalue weighted by atomic mass is 19.1. The van der Waals surface area contributed by atoms with E-state index in [-0.39, 0.29) is 18.8 Å². The molecular weight excluding hydrogens is 269 g/mol. The Morgan fingerprint density at radius 3 is 3.00 bits per heavy atom. The van der Waals surface area contributed by atoms with E-state index in [1.807, 2.05) is 0 Å². The SMILES string of the molecule is N#Cc1c([N+](=O)[O-])ccc(N2CCO[C@H](CO)C2)c1F. The lowest BCUT2D eigenvalue weighted by atomic mass is 10.1. The van der Waals surface area contributed by atoms with E-state index < -0.39 is 28.1 Å². The second kappa shape index (κ2) is 5.81. The Kier molecular flexibility index (Phi) is 4.12. The first-order valence-corrected chi connectivity index (χ1v) is 5.93. The average molecular weight is 281 g/mol. The Morgan fingerprint density at radius 2 is 2.40 bits per heavy atom. The van der Waals surface area contributed by atoms with Crippen LogP contribution < -0.4 is 4.90 Å². The molecule has 1 fully saturated rings. The molecule has 8 heteroatoms. The van der Waals surface area contributed by atoms with Gasteiger partial charge in [-0.15, -0.1) is 0 Å². The molecule has 0 bridgehead atoms. The molecule has 1 atom stereocenters. The summed E-state index contributed by atoms with van der Waals surface area (Å²) in [6.07, 6.45) is -0.441. The van der Waals surface area contributed by atoms with Gasteiger partial charge in [-0.1, -0.05) is 0 Å². The van der Waals surface area contributed by atoms with Crippen molar-refractivity contribution in [2.24, 2.45) is 0 Å². The Bertz CT molecular complexity index is 573. The summed E-state index contributed by atoms with van der Waals surface area (Å²) in [7, 11) is 0. The topological polar surface area (TPSA) is 99.6 Å². The smallest absolute Gasteiger partial charge is 0.290 e. The van der Waals surface area contributed by atoms with Crippen LogP contribution in [-0.4, -0.2) is 42.4 Å². The van der Waals surface area contributed by atoms with E-state index >= 15 is 0 Å². The van der Waals surface area contributed by atoms with E-state index in [0.717, 1.165) is 6.07 Å². The molecule has 1 aliphatic heterocycles. The van der Waals surface area contributed by atoms with Gasteiger partial charge in [0.1, 0.15) is 6.07 Å². The maximum absolute atomic E-state index is 14.2. The zero-order valence-electron chi connectivity index (χ0n) is 10.5. The number of hydrogen-bond acceptors (Lipinski definition) is 6. The second-order valence-electron chi connectivity index (χ2n) is 4.28. The minimum absolute atomic E-state index is 0.105. The predicted octanol–water partition coefficient (Wildman–Crippen LogP) is 0.803. The zero-order valence-corrected chi connectivity index (χ0v) is 10.5. The van der Waals surface area contributed by atoms with Crippen molar-refractivity contribution in [3.63, 3.8) is 0 Å². The van der Waals surface area contributed by atoms with Crippen molar-refractivity contribution < 1.29 is 19.2 Å². The van der Waals surface area contributed by atoms with Gasteiger partial charge in [0.25, 0.3) is 5.69 Å². The molecule has 1 heterocycles. The number of nitro groups is 1. The van der Waals surface area contributed by atoms with E-state index in [4.69, 9.17) is 15.1 Å². The summed E-state index contributed by atoms with van der Waals surface area (Å²) in [6, 6.07) is 3.91. The maximum Gasteiger partial charge on any atom is 0.290 e. The highest BCUT2D eigenvalue weighted by Gasteiger charge is 2.27. The monoisotopic (exact) mass is 281 g/mol. The molecule has 0 amide bonds. The third kappa shape index (κ3) is 2.54. The van der Waals surface area contributed by atoms with Gasteiger partial charge in [0.2, 0.25) is 0 Å². The van der Waals surface area contributed by atoms with E-state index in [2.05, 4.69) is 0 Å². The van der Waals surface area contributed by atoms with Crippen LogP contribution in [-0.2, 0) is 4.74 Å². The van der Waals surface area contributed by atoms with Crippen LogP contribution in [0.5, 0.6) is 0 Å². The number of halogens is 1. The number of hydrogen-bond donors (Lipinski definition) is 1. The number of aliphatic hydroxyl groups excluding tert-OH is 1. The molecule has 2 rings (SSSR count). The van der Waals surface area contributed by atoms with Crippen LogP contribution in [0.25, 0.3) is 0 Å². The van der Waals surface area contributed by atoms with E-state index in [9.17, 15) is 14.5 Å². The Morgan fingerprint density at radius 1 is 1.65 bits per heavy atom. The molecule has 1 N–H and O–H groups in total. The van der Waals surface area contributed by atoms with Gasteiger partial charge in [-0.25, -0.2) is 4.39 Å². The van der Waals surface area contributed by atoms with Crippen molar-refractivity contribution >= 4 is 11.4 Å². The highest BCUT2D eigenvalue weighted by Crippen LogP contribution is 2.30. The molecule has 1 aliphatic rings. The summed E-state index contributed by atoms with van der Waals surface area (Å²) in [5.74, 6) is -0.916. The van der Waals surface area contributed by atoms with Crippen molar-refractivity contribution in [2.45, 2.75) is 6.10 Å². The van der Waals surface area contributed by atoms with Gasteiger partial charge in [0.15, 0.2) is 11.4 Å². The van der Waals surface area contributed by atoms with Gasteiger partial charge in [0, 0.05) is 19.2 Å².